The number of likely N-dealkylation sites (tertiary alicyclic amines) is 1. The third kappa shape index (κ3) is 4.92. The van der Waals surface area contributed by atoms with Crippen LogP contribution in [0.5, 0.6) is 0 Å². The van der Waals surface area contributed by atoms with Crippen molar-refractivity contribution in [3.8, 4) is 0 Å². The molecule has 160 valence electrons. The van der Waals surface area contributed by atoms with E-state index in [4.69, 9.17) is 16.3 Å². The van der Waals surface area contributed by atoms with Gasteiger partial charge in [0.25, 0.3) is 5.91 Å². The van der Waals surface area contributed by atoms with Crippen LogP contribution in [-0.2, 0) is 19.6 Å². The number of rotatable bonds is 5. The zero-order chi connectivity index (χ0) is 21.0. The molecule has 0 N–H and O–H groups in total. The summed E-state index contributed by atoms with van der Waals surface area (Å²) >= 11 is 6.20. The molecular weight excluding hydrogens is 416 g/mol. The van der Waals surface area contributed by atoms with E-state index in [2.05, 4.69) is 0 Å². The first-order chi connectivity index (χ1) is 13.8. The van der Waals surface area contributed by atoms with Crippen LogP contribution in [0.1, 0.15) is 49.4 Å². The molecule has 0 bridgehead atoms. The van der Waals surface area contributed by atoms with E-state index in [-0.39, 0.29) is 39.8 Å². The van der Waals surface area contributed by atoms with Crippen LogP contribution >= 0.6 is 11.6 Å². The summed E-state index contributed by atoms with van der Waals surface area (Å²) in [7, 11) is -3.75. The van der Waals surface area contributed by atoms with Crippen LogP contribution in [0.2, 0.25) is 5.02 Å². The molecule has 2 aliphatic rings. The van der Waals surface area contributed by atoms with Crippen molar-refractivity contribution >= 4 is 33.5 Å². The summed E-state index contributed by atoms with van der Waals surface area (Å²) in [5.74, 6) is -0.947. The van der Waals surface area contributed by atoms with Crippen molar-refractivity contribution < 1.29 is 22.7 Å². The Morgan fingerprint density at radius 1 is 1.14 bits per heavy atom. The van der Waals surface area contributed by atoms with Gasteiger partial charge >= 0.3 is 5.97 Å². The number of esters is 1. The molecule has 0 saturated carbocycles. The van der Waals surface area contributed by atoms with Crippen molar-refractivity contribution in [2.24, 2.45) is 5.92 Å². The Labute approximate surface area is 177 Å². The van der Waals surface area contributed by atoms with Gasteiger partial charge in [-0.05, 0) is 50.8 Å². The molecule has 0 unspecified atom stereocenters. The monoisotopic (exact) mass is 442 g/mol. The number of sulfonamides is 1. The predicted molar refractivity (Wildman–Crippen MR) is 109 cm³/mol. The van der Waals surface area contributed by atoms with E-state index >= 15 is 0 Å². The molecule has 7 nitrogen and oxygen atoms in total. The van der Waals surface area contributed by atoms with Crippen LogP contribution in [0.15, 0.2) is 23.1 Å². The van der Waals surface area contributed by atoms with Gasteiger partial charge in [-0.1, -0.05) is 18.0 Å². The lowest BCUT2D eigenvalue weighted by atomic mass is 9.97. The van der Waals surface area contributed by atoms with Crippen molar-refractivity contribution in [3.05, 3.63) is 28.8 Å². The van der Waals surface area contributed by atoms with Crippen LogP contribution in [0.25, 0.3) is 0 Å². The van der Waals surface area contributed by atoms with Gasteiger partial charge in [0.2, 0.25) is 10.0 Å². The standard InChI is InChI=1S/C20H27ClN2O5S/c1-2-28-20(25)16-7-6-10-22(14-16)19(24)15-8-9-17(21)18(13-15)29(26,27)23-11-4-3-5-12-23/h8-9,13,16H,2-7,10-12,14H2,1H3/t16-/m0/s1. The Bertz CT molecular complexity index is 868. The summed E-state index contributed by atoms with van der Waals surface area (Å²) < 4.78 is 32.6. The highest BCUT2D eigenvalue weighted by atomic mass is 35.5. The Kier molecular flexibility index (Phi) is 7.19. The highest BCUT2D eigenvalue weighted by Gasteiger charge is 2.32. The lowest BCUT2D eigenvalue weighted by molar-refractivity contribution is -0.149. The highest BCUT2D eigenvalue weighted by molar-refractivity contribution is 7.89. The van der Waals surface area contributed by atoms with E-state index in [9.17, 15) is 18.0 Å². The molecule has 2 fully saturated rings. The Morgan fingerprint density at radius 3 is 2.55 bits per heavy atom. The second-order valence-electron chi connectivity index (χ2n) is 7.45. The molecule has 0 aromatic heterocycles. The molecule has 0 aliphatic carbocycles. The minimum absolute atomic E-state index is 0.0362. The first kappa shape index (κ1) is 22.1. The van der Waals surface area contributed by atoms with Crippen LogP contribution in [0.3, 0.4) is 0 Å². The summed E-state index contributed by atoms with van der Waals surface area (Å²) in [5.41, 5.74) is 0.259. The molecule has 1 aromatic carbocycles. The lowest BCUT2D eigenvalue weighted by Gasteiger charge is -2.32. The van der Waals surface area contributed by atoms with Crippen molar-refractivity contribution in [2.75, 3.05) is 32.8 Å². The predicted octanol–water partition coefficient (Wildman–Crippen LogP) is 2.93. The molecular formula is C20H27ClN2O5S. The minimum atomic E-state index is -3.75. The fourth-order valence-electron chi connectivity index (χ4n) is 3.88. The molecule has 0 spiro atoms. The molecule has 1 aromatic rings. The second kappa shape index (κ2) is 9.45. The number of hydrogen-bond donors (Lipinski definition) is 0. The van der Waals surface area contributed by atoms with Crippen LogP contribution in [0, 0.1) is 5.92 Å². The van der Waals surface area contributed by atoms with E-state index < -0.39 is 10.0 Å². The van der Waals surface area contributed by atoms with Crippen LogP contribution < -0.4 is 0 Å². The Morgan fingerprint density at radius 2 is 1.86 bits per heavy atom. The van der Waals surface area contributed by atoms with E-state index in [1.807, 2.05) is 0 Å². The maximum Gasteiger partial charge on any atom is 0.310 e. The third-order valence-electron chi connectivity index (χ3n) is 5.44. The summed E-state index contributed by atoms with van der Waals surface area (Å²) in [6, 6.07) is 4.36. The van der Waals surface area contributed by atoms with Gasteiger partial charge < -0.3 is 9.64 Å². The lowest BCUT2D eigenvalue weighted by Crippen LogP contribution is -2.43. The molecule has 1 atom stereocenters. The summed E-state index contributed by atoms with van der Waals surface area (Å²) in [5, 5.41) is 0.107. The van der Waals surface area contributed by atoms with E-state index in [1.165, 1.54) is 22.5 Å². The van der Waals surface area contributed by atoms with Gasteiger partial charge in [-0.25, -0.2) is 8.42 Å². The van der Waals surface area contributed by atoms with Gasteiger partial charge in [-0.2, -0.15) is 4.31 Å². The molecule has 2 heterocycles. The quantitative estimate of drug-likeness (QED) is 0.654. The van der Waals surface area contributed by atoms with Crippen molar-refractivity contribution in [3.63, 3.8) is 0 Å². The first-order valence-corrected chi connectivity index (χ1v) is 11.9. The van der Waals surface area contributed by atoms with E-state index in [0.717, 1.165) is 19.3 Å². The minimum Gasteiger partial charge on any atom is -0.466 e. The number of ether oxygens (including phenoxy) is 1. The van der Waals surface area contributed by atoms with Crippen molar-refractivity contribution in [2.45, 2.75) is 43.9 Å². The average molecular weight is 443 g/mol. The second-order valence-corrected chi connectivity index (χ2v) is 9.77. The normalized spacial score (nSPS) is 21.0. The number of halogens is 1. The van der Waals surface area contributed by atoms with Gasteiger partial charge in [-0.3, -0.25) is 9.59 Å². The van der Waals surface area contributed by atoms with Gasteiger partial charge in [0.15, 0.2) is 0 Å². The van der Waals surface area contributed by atoms with Gasteiger partial charge in [0.1, 0.15) is 4.90 Å². The summed E-state index contributed by atoms with van der Waals surface area (Å²) in [6.45, 7) is 3.77. The maximum atomic E-state index is 13.0. The molecule has 9 heteroatoms. The number of amides is 1. The Balaban J connectivity index is 1.81. The van der Waals surface area contributed by atoms with E-state index in [0.29, 0.717) is 39.1 Å². The largest absolute Gasteiger partial charge is 0.466 e. The molecule has 29 heavy (non-hydrogen) atoms. The average Bonchev–Trinajstić information content (AvgIpc) is 2.74. The number of piperidine rings is 2. The number of hydrogen-bond acceptors (Lipinski definition) is 5. The zero-order valence-corrected chi connectivity index (χ0v) is 18.2. The number of carbonyl (C=O) groups is 2. The molecule has 0 radical (unpaired) electrons. The SMILES string of the molecule is CCOC(=O)[C@H]1CCCN(C(=O)c2ccc(Cl)c(S(=O)(=O)N3CCCCC3)c2)C1. The smallest absolute Gasteiger partial charge is 0.310 e. The maximum absolute atomic E-state index is 13.0. The molecule has 1 amide bonds. The number of nitrogens with zero attached hydrogens (tertiary/aromatic N) is 2. The topological polar surface area (TPSA) is 84.0 Å². The fourth-order valence-corrected chi connectivity index (χ4v) is 5.89. The zero-order valence-electron chi connectivity index (χ0n) is 16.6. The highest BCUT2D eigenvalue weighted by Crippen LogP contribution is 2.29. The van der Waals surface area contributed by atoms with Crippen molar-refractivity contribution in [1.29, 1.82) is 0 Å². The van der Waals surface area contributed by atoms with Crippen molar-refractivity contribution in [1.82, 2.24) is 9.21 Å². The van der Waals surface area contributed by atoms with Gasteiger partial charge in [0, 0.05) is 31.7 Å². The molecule has 3 rings (SSSR count). The molecule has 2 aliphatic heterocycles. The summed E-state index contributed by atoms with van der Waals surface area (Å²) in [4.78, 5) is 26.6. The van der Waals surface area contributed by atoms with Gasteiger partial charge in [0.05, 0.1) is 17.5 Å². The first-order valence-electron chi connectivity index (χ1n) is 10.1. The number of carbonyl (C=O) groups excluding carboxylic acids is 2. The molecule has 2 saturated heterocycles. The van der Waals surface area contributed by atoms with E-state index in [1.54, 1.807) is 11.8 Å². The Hall–Kier alpha value is -1.64. The third-order valence-corrected chi connectivity index (χ3v) is 7.82. The number of benzene rings is 1. The fraction of sp³-hybridized carbons (Fsp3) is 0.600. The van der Waals surface area contributed by atoms with Crippen LogP contribution in [-0.4, -0.2) is 62.3 Å². The van der Waals surface area contributed by atoms with Crippen LogP contribution in [0.4, 0.5) is 0 Å². The summed E-state index contributed by atoms with van der Waals surface area (Å²) in [6.07, 6.45) is 4.02. The van der Waals surface area contributed by atoms with Gasteiger partial charge in [-0.15, -0.1) is 0 Å².